The van der Waals surface area contributed by atoms with E-state index in [9.17, 15) is 4.39 Å². The molecule has 0 atom stereocenters. The minimum absolute atomic E-state index is 0.246. The molecule has 0 spiro atoms. The lowest BCUT2D eigenvalue weighted by atomic mass is 10.3. The third-order valence-electron chi connectivity index (χ3n) is 1.99. The molecule has 0 aliphatic heterocycles. The van der Waals surface area contributed by atoms with Crippen LogP contribution in [0.3, 0.4) is 0 Å². The predicted molar refractivity (Wildman–Crippen MR) is 50.7 cm³/mol. The van der Waals surface area contributed by atoms with Gasteiger partial charge in [0.15, 0.2) is 0 Å². The fourth-order valence-corrected chi connectivity index (χ4v) is 1.18. The summed E-state index contributed by atoms with van der Waals surface area (Å²) in [5, 5.41) is 7.88. The molecule has 0 amide bonds. The fourth-order valence-electron chi connectivity index (χ4n) is 1.18. The highest BCUT2D eigenvalue weighted by Crippen LogP contribution is 2.07. The van der Waals surface area contributed by atoms with E-state index in [1.165, 1.54) is 12.1 Å². The lowest BCUT2D eigenvalue weighted by Crippen LogP contribution is -1.94. The third kappa shape index (κ3) is 1.64. The molecular weight excluding hydrogens is 181 g/mol. The van der Waals surface area contributed by atoms with E-state index in [4.69, 9.17) is 0 Å². The molecule has 1 heterocycles. The number of aryl methyl sites for hydroxylation is 1. The van der Waals surface area contributed by atoms with Crippen molar-refractivity contribution in [2.75, 3.05) is 0 Å². The number of benzene rings is 1. The number of hydrogen-bond acceptors (Lipinski definition) is 2. The Labute approximate surface area is 81.2 Å². The van der Waals surface area contributed by atoms with Gasteiger partial charge in [-0.3, -0.25) is 0 Å². The van der Waals surface area contributed by atoms with Crippen molar-refractivity contribution in [3.63, 3.8) is 0 Å². The topological polar surface area (TPSA) is 30.7 Å². The zero-order chi connectivity index (χ0) is 9.97. The summed E-state index contributed by atoms with van der Waals surface area (Å²) in [5.41, 5.74) is 1.74. The van der Waals surface area contributed by atoms with Gasteiger partial charge in [-0.25, -0.2) is 9.07 Å². The Balaban J connectivity index is 2.34. The van der Waals surface area contributed by atoms with Crippen LogP contribution in [-0.2, 0) is 6.42 Å². The Kier molecular flexibility index (Phi) is 2.26. The normalized spacial score (nSPS) is 10.4. The fraction of sp³-hybridized carbons (Fsp3) is 0.200. The average molecular weight is 191 g/mol. The molecule has 0 bridgehead atoms. The molecule has 0 aliphatic carbocycles. The molecule has 0 N–H and O–H groups in total. The van der Waals surface area contributed by atoms with Crippen LogP contribution < -0.4 is 0 Å². The monoisotopic (exact) mass is 191 g/mol. The number of nitrogens with zero attached hydrogens (tertiary/aromatic N) is 3. The van der Waals surface area contributed by atoms with Crippen LogP contribution in [0.15, 0.2) is 30.5 Å². The lowest BCUT2D eigenvalue weighted by molar-refractivity contribution is 0.626. The number of rotatable bonds is 2. The van der Waals surface area contributed by atoms with Gasteiger partial charge in [0.1, 0.15) is 5.82 Å². The van der Waals surface area contributed by atoms with Crippen LogP contribution in [-0.4, -0.2) is 15.0 Å². The summed E-state index contributed by atoms with van der Waals surface area (Å²) in [5.74, 6) is -0.246. The number of hydrogen-bond donors (Lipinski definition) is 0. The standard InChI is InChI=1S/C10H10FN3/c1-2-9-7-14(13-12-9)10-5-3-8(11)4-6-10/h3-7H,2H2,1H3. The van der Waals surface area contributed by atoms with Crippen LogP contribution in [0.5, 0.6) is 0 Å². The second kappa shape index (κ2) is 3.57. The minimum Gasteiger partial charge on any atom is -0.220 e. The van der Waals surface area contributed by atoms with E-state index in [2.05, 4.69) is 10.3 Å². The van der Waals surface area contributed by atoms with Crippen molar-refractivity contribution in [1.82, 2.24) is 15.0 Å². The molecule has 14 heavy (non-hydrogen) atoms. The van der Waals surface area contributed by atoms with Crippen molar-refractivity contribution in [2.24, 2.45) is 0 Å². The molecule has 72 valence electrons. The Morgan fingerprint density at radius 2 is 2.00 bits per heavy atom. The average Bonchev–Trinajstić information content (AvgIpc) is 2.67. The third-order valence-corrected chi connectivity index (χ3v) is 1.99. The maximum Gasteiger partial charge on any atom is 0.123 e. The summed E-state index contributed by atoms with van der Waals surface area (Å²) in [6.45, 7) is 2.01. The van der Waals surface area contributed by atoms with E-state index in [1.807, 2.05) is 13.1 Å². The summed E-state index contributed by atoms with van der Waals surface area (Å²) in [4.78, 5) is 0. The highest BCUT2D eigenvalue weighted by Gasteiger charge is 2.00. The molecule has 4 heteroatoms. The highest BCUT2D eigenvalue weighted by atomic mass is 19.1. The zero-order valence-electron chi connectivity index (χ0n) is 7.81. The largest absolute Gasteiger partial charge is 0.220 e. The Morgan fingerprint density at radius 1 is 1.29 bits per heavy atom. The van der Waals surface area contributed by atoms with E-state index in [-0.39, 0.29) is 5.82 Å². The first-order chi connectivity index (χ1) is 6.79. The molecule has 1 aromatic carbocycles. The lowest BCUT2D eigenvalue weighted by Gasteiger charge is -1.97. The van der Waals surface area contributed by atoms with E-state index < -0.39 is 0 Å². The highest BCUT2D eigenvalue weighted by molar-refractivity contribution is 5.30. The maximum atomic E-state index is 12.6. The first-order valence-electron chi connectivity index (χ1n) is 4.47. The van der Waals surface area contributed by atoms with Crippen molar-refractivity contribution in [3.05, 3.63) is 42.0 Å². The molecule has 2 rings (SSSR count). The Bertz CT molecular complexity index is 419. The van der Waals surface area contributed by atoms with Crippen LogP contribution >= 0.6 is 0 Å². The molecule has 0 fully saturated rings. The van der Waals surface area contributed by atoms with Crippen molar-refractivity contribution >= 4 is 0 Å². The van der Waals surface area contributed by atoms with Gasteiger partial charge in [0.25, 0.3) is 0 Å². The van der Waals surface area contributed by atoms with Crippen LogP contribution in [0.1, 0.15) is 12.6 Å². The number of halogens is 1. The minimum atomic E-state index is -0.246. The van der Waals surface area contributed by atoms with Gasteiger partial charge in [-0.1, -0.05) is 12.1 Å². The van der Waals surface area contributed by atoms with Gasteiger partial charge in [-0.2, -0.15) is 0 Å². The van der Waals surface area contributed by atoms with E-state index in [0.717, 1.165) is 17.8 Å². The van der Waals surface area contributed by atoms with Crippen LogP contribution in [0.25, 0.3) is 5.69 Å². The first kappa shape index (κ1) is 8.87. The summed E-state index contributed by atoms with van der Waals surface area (Å²) in [6, 6.07) is 6.15. The van der Waals surface area contributed by atoms with Gasteiger partial charge < -0.3 is 0 Å². The molecule has 0 aliphatic rings. The second-order valence-corrected chi connectivity index (χ2v) is 2.98. The van der Waals surface area contributed by atoms with Gasteiger partial charge >= 0.3 is 0 Å². The van der Waals surface area contributed by atoms with E-state index in [0.29, 0.717) is 0 Å². The molecule has 0 unspecified atom stereocenters. The van der Waals surface area contributed by atoms with Gasteiger partial charge in [-0.05, 0) is 30.7 Å². The maximum absolute atomic E-state index is 12.6. The molecule has 1 aromatic heterocycles. The summed E-state index contributed by atoms with van der Waals surface area (Å²) >= 11 is 0. The van der Waals surface area contributed by atoms with Crippen molar-refractivity contribution in [3.8, 4) is 5.69 Å². The zero-order valence-corrected chi connectivity index (χ0v) is 7.81. The van der Waals surface area contributed by atoms with Crippen molar-refractivity contribution in [1.29, 1.82) is 0 Å². The molecule has 3 nitrogen and oxygen atoms in total. The number of aromatic nitrogens is 3. The van der Waals surface area contributed by atoms with Crippen LogP contribution in [0, 0.1) is 5.82 Å². The smallest absolute Gasteiger partial charge is 0.123 e. The van der Waals surface area contributed by atoms with Gasteiger partial charge in [-0.15, -0.1) is 5.10 Å². The van der Waals surface area contributed by atoms with Crippen LogP contribution in [0.2, 0.25) is 0 Å². The van der Waals surface area contributed by atoms with Crippen LogP contribution in [0.4, 0.5) is 4.39 Å². The van der Waals surface area contributed by atoms with Crippen molar-refractivity contribution in [2.45, 2.75) is 13.3 Å². The molecule has 2 aromatic rings. The van der Waals surface area contributed by atoms with Crippen molar-refractivity contribution < 1.29 is 4.39 Å². The Hall–Kier alpha value is -1.71. The van der Waals surface area contributed by atoms with Gasteiger partial charge in [0.2, 0.25) is 0 Å². The first-order valence-corrected chi connectivity index (χ1v) is 4.47. The quantitative estimate of drug-likeness (QED) is 0.726. The molecular formula is C10H10FN3. The summed E-state index contributed by atoms with van der Waals surface area (Å²) < 4.78 is 14.3. The second-order valence-electron chi connectivity index (χ2n) is 2.98. The van der Waals surface area contributed by atoms with E-state index >= 15 is 0 Å². The predicted octanol–water partition coefficient (Wildman–Crippen LogP) is 1.97. The van der Waals surface area contributed by atoms with E-state index in [1.54, 1.807) is 16.8 Å². The molecule has 0 saturated carbocycles. The summed E-state index contributed by atoms with van der Waals surface area (Å²) in [7, 11) is 0. The van der Waals surface area contributed by atoms with Gasteiger partial charge in [0, 0.05) is 0 Å². The summed E-state index contributed by atoms with van der Waals surface area (Å²) in [6.07, 6.45) is 2.69. The molecule has 0 radical (unpaired) electrons. The van der Waals surface area contributed by atoms with Gasteiger partial charge in [0.05, 0.1) is 17.6 Å². The molecule has 0 saturated heterocycles. The SMILES string of the molecule is CCc1cn(-c2ccc(F)cc2)nn1. The Morgan fingerprint density at radius 3 is 2.57 bits per heavy atom.